The molecular formula is C10H13BrFNO. The number of aliphatic hydroxyl groups excluding tert-OH is 1. The van der Waals surface area contributed by atoms with E-state index in [1.54, 1.807) is 6.92 Å². The summed E-state index contributed by atoms with van der Waals surface area (Å²) in [4.78, 5) is 0. The van der Waals surface area contributed by atoms with E-state index in [0.29, 0.717) is 15.6 Å². The van der Waals surface area contributed by atoms with Crippen LogP contribution in [0.25, 0.3) is 0 Å². The van der Waals surface area contributed by atoms with Crippen molar-refractivity contribution >= 4 is 15.9 Å². The summed E-state index contributed by atoms with van der Waals surface area (Å²) in [6.07, 6.45) is -0.804. The van der Waals surface area contributed by atoms with Crippen molar-refractivity contribution in [1.82, 2.24) is 0 Å². The van der Waals surface area contributed by atoms with Gasteiger partial charge >= 0.3 is 0 Å². The van der Waals surface area contributed by atoms with Gasteiger partial charge in [-0.3, -0.25) is 0 Å². The van der Waals surface area contributed by atoms with Gasteiger partial charge in [0.25, 0.3) is 0 Å². The number of halogens is 2. The highest BCUT2D eigenvalue weighted by Crippen LogP contribution is 2.29. The van der Waals surface area contributed by atoms with E-state index < -0.39 is 6.10 Å². The van der Waals surface area contributed by atoms with E-state index in [1.807, 2.05) is 6.92 Å². The van der Waals surface area contributed by atoms with Crippen molar-refractivity contribution in [2.24, 2.45) is 5.73 Å². The quantitative estimate of drug-likeness (QED) is 0.858. The minimum absolute atomic E-state index is 0.0948. The molecular weight excluding hydrogens is 249 g/mol. The second kappa shape index (κ2) is 4.38. The number of rotatable bonds is 2. The molecule has 1 atom stereocenters. The van der Waals surface area contributed by atoms with Crippen molar-refractivity contribution < 1.29 is 9.50 Å². The summed E-state index contributed by atoms with van der Waals surface area (Å²) in [6, 6.07) is 1.40. The van der Waals surface area contributed by atoms with Gasteiger partial charge in [0.15, 0.2) is 0 Å². The SMILES string of the molecule is Cc1c(F)cc(Br)c(C)c1C(O)CN. The smallest absolute Gasteiger partial charge is 0.127 e. The monoisotopic (exact) mass is 261 g/mol. The van der Waals surface area contributed by atoms with E-state index in [1.165, 1.54) is 6.07 Å². The number of nitrogens with two attached hydrogens (primary N) is 1. The second-order valence-electron chi connectivity index (χ2n) is 3.26. The Kier molecular flexibility index (Phi) is 3.64. The van der Waals surface area contributed by atoms with Gasteiger partial charge in [-0.2, -0.15) is 0 Å². The van der Waals surface area contributed by atoms with E-state index in [2.05, 4.69) is 15.9 Å². The third-order valence-electron chi connectivity index (χ3n) is 2.33. The zero-order valence-corrected chi connectivity index (χ0v) is 9.73. The van der Waals surface area contributed by atoms with Crippen LogP contribution in [-0.2, 0) is 0 Å². The number of aliphatic hydroxyl groups is 1. The Hall–Kier alpha value is -0.450. The Morgan fingerprint density at radius 3 is 2.57 bits per heavy atom. The Labute approximate surface area is 91.1 Å². The summed E-state index contributed by atoms with van der Waals surface area (Å²) >= 11 is 3.24. The minimum atomic E-state index is -0.804. The molecule has 1 rings (SSSR count). The molecule has 0 aliphatic heterocycles. The van der Waals surface area contributed by atoms with E-state index in [0.717, 1.165) is 5.56 Å². The van der Waals surface area contributed by atoms with Crippen LogP contribution in [0, 0.1) is 19.7 Å². The maximum atomic E-state index is 13.3. The molecule has 4 heteroatoms. The lowest BCUT2D eigenvalue weighted by Gasteiger charge is -2.16. The molecule has 3 N–H and O–H groups in total. The van der Waals surface area contributed by atoms with E-state index in [4.69, 9.17) is 5.73 Å². The van der Waals surface area contributed by atoms with Gasteiger partial charge in [-0.05, 0) is 36.6 Å². The average Bonchev–Trinajstić information content (AvgIpc) is 2.15. The molecule has 0 saturated carbocycles. The van der Waals surface area contributed by atoms with Crippen molar-refractivity contribution in [3.05, 3.63) is 33.0 Å². The fraction of sp³-hybridized carbons (Fsp3) is 0.400. The average molecular weight is 262 g/mol. The van der Waals surface area contributed by atoms with Crippen LogP contribution in [0.5, 0.6) is 0 Å². The molecule has 1 aromatic carbocycles. The lowest BCUT2D eigenvalue weighted by molar-refractivity contribution is 0.184. The van der Waals surface area contributed by atoms with Crippen molar-refractivity contribution in [3.63, 3.8) is 0 Å². The van der Waals surface area contributed by atoms with E-state index in [-0.39, 0.29) is 12.4 Å². The molecule has 0 aliphatic rings. The standard InChI is InChI=1S/C10H13BrFNO/c1-5-7(11)3-8(12)6(2)10(5)9(14)4-13/h3,9,14H,4,13H2,1-2H3. The van der Waals surface area contributed by atoms with Gasteiger partial charge in [0.2, 0.25) is 0 Å². The Bertz CT molecular complexity index is 328. The lowest BCUT2D eigenvalue weighted by atomic mass is 9.97. The summed E-state index contributed by atoms with van der Waals surface area (Å²) in [6.45, 7) is 3.56. The summed E-state index contributed by atoms with van der Waals surface area (Å²) in [5.41, 5.74) is 7.23. The van der Waals surface area contributed by atoms with Gasteiger partial charge in [0.1, 0.15) is 5.82 Å². The summed E-state index contributed by atoms with van der Waals surface area (Å²) in [5, 5.41) is 9.63. The van der Waals surface area contributed by atoms with Crippen molar-refractivity contribution in [2.45, 2.75) is 20.0 Å². The predicted molar refractivity (Wildman–Crippen MR) is 57.6 cm³/mol. The molecule has 1 aromatic rings. The first-order valence-electron chi connectivity index (χ1n) is 4.32. The van der Waals surface area contributed by atoms with E-state index in [9.17, 15) is 9.50 Å². The van der Waals surface area contributed by atoms with Gasteiger partial charge in [-0.1, -0.05) is 15.9 Å². The fourth-order valence-corrected chi connectivity index (χ4v) is 1.90. The highest BCUT2D eigenvalue weighted by atomic mass is 79.9. The topological polar surface area (TPSA) is 46.2 Å². The summed E-state index contributed by atoms with van der Waals surface area (Å²) < 4.78 is 14.0. The Morgan fingerprint density at radius 2 is 2.07 bits per heavy atom. The molecule has 1 unspecified atom stereocenters. The van der Waals surface area contributed by atoms with Crippen LogP contribution in [-0.4, -0.2) is 11.7 Å². The molecule has 0 fully saturated rings. The molecule has 2 nitrogen and oxygen atoms in total. The number of hydrogen-bond acceptors (Lipinski definition) is 2. The van der Waals surface area contributed by atoms with Gasteiger partial charge < -0.3 is 10.8 Å². The second-order valence-corrected chi connectivity index (χ2v) is 4.11. The van der Waals surface area contributed by atoms with Gasteiger partial charge in [-0.15, -0.1) is 0 Å². The van der Waals surface area contributed by atoms with E-state index >= 15 is 0 Å². The molecule has 0 amide bonds. The van der Waals surface area contributed by atoms with Gasteiger partial charge in [0, 0.05) is 11.0 Å². The minimum Gasteiger partial charge on any atom is -0.387 e. The molecule has 14 heavy (non-hydrogen) atoms. The zero-order valence-electron chi connectivity index (χ0n) is 8.14. The number of benzene rings is 1. The first-order valence-corrected chi connectivity index (χ1v) is 5.11. The van der Waals surface area contributed by atoms with Gasteiger partial charge in [0.05, 0.1) is 6.10 Å². The Balaban J connectivity index is 3.39. The normalized spacial score (nSPS) is 13.0. The predicted octanol–water partition coefficient (Wildman–Crippen LogP) is 2.20. The summed E-state index contributed by atoms with van der Waals surface area (Å²) in [7, 11) is 0. The molecule has 0 spiro atoms. The third-order valence-corrected chi connectivity index (χ3v) is 3.16. The maximum absolute atomic E-state index is 13.3. The van der Waals surface area contributed by atoms with Crippen molar-refractivity contribution in [1.29, 1.82) is 0 Å². The van der Waals surface area contributed by atoms with Gasteiger partial charge in [-0.25, -0.2) is 4.39 Å². The molecule has 0 radical (unpaired) electrons. The van der Waals surface area contributed by atoms with Crippen LogP contribution in [0.15, 0.2) is 10.5 Å². The molecule has 0 bridgehead atoms. The fourth-order valence-electron chi connectivity index (χ4n) is 1.48. The third kappa shape index (κ3) is 1.97. The van der Waals surface area contributed by atoms with Crippen LogP contribution in [0.3, 0.4) is 0 Å². The van der Waals surface area contributed by atoms with Crippen molar-refractivity contribution in [2.75, 3.05) is 6.54 Å². The zero-order chi connectivity index (χ0) is 10.9. The van der Waals surface area contributed by atoms with Crippen LogP contribution >= 0.6 is 15.9 Å². The summed E-state index contributed by atoms with van der Waals surface area (Å²) in [5.74, 6) is -0.329. The Morgan fingerprint density at radius 1 is 1.50 bits per heavy atom. The largest absolute Gasteiger partial charge is 0.387 e. The molecule has 0 heterocycles. The highest BCUT2D eigenvalue weighted by molar-refractivity contribution is 9.10. The van der Waals surface area contributed by atoms with Crippen LogP contribution in [0.2, 0.25) is 0 Å². The first-order chi connectivity index (χ1) is 6.49. The first kappa shape index (κ1) is 11.6. The van der Waals surface area contributed by atoms with Crippen LogP contribution in [0.1, 0.15) is 22.8 Å². The van der Waals surface area contributed by atoms with Crippen LogP contribution in [0.4, 0.5) is 4.39 Å². The maximum Gasteiger partial charge on any atom is 0.127 e. The molecule has 0 saturated heterocycles. The van der Waals surface area contributed by atoms with Crippen LogP contribution < -0.4 is 5.73 Å². The molecule has 0 aromatic heterocycles. The number of hydrogen-bond donors (Lipinski definition) is 2. The lowest BCUT2D eigenvalue weighted by Crippen LogP contribution is -2.15. The molecule has 0 aliphatic carbocycles. The van der Waals surface area contributed by atoms with Crippen molar-refractivity contribution in [3.8, 4) is 0 Å². The highest BCUT2D eigenvalue weighted by Gasteiger charge is 2.16. The molecule has 78 valence electrons.